The largest absolute Gasteiger partial charge is 0.465 e. The van der Waals surface area contributed by atoms with Gasteiger partial charge in [0.1, 0.15) is 0 Å². The Morgan fingerprint density at radius 1 is 1.31 bits per heavy atom. The SMILES string of the molecule is O=C(O)N1CCC2(CCNCC2)C1. The first kappa shape index (κ1) is 8.81. The number of likely N-dealkylation sites (tertiary alicyclic amines) is 1. The quantitative estimate of drug-likeness (QED) is 0.584. The van der Waals surface area contributed by atoms with Crippen LogP contribution in [0.1, 0.15) is 19.3 Å². The topological polar surface area (TPSA) is 52.6 Å². The number of hydrogen-bond donors (Lipinski definition) is 2. The molecule has 4 heteroatoms. The minimum atomic E-state index is -0.754. The molecule has 2 saturated heterocycles. The van der Waals surface area contributed by atoms with Gasteiger partial charge in [0.25, 0.3) is 0 Å². The Balaban J connectivity index is 1.98. The Hall–Kier alpha value is -0.770. The van der Waals surface area contributed by atoms with E-state index >= 15 is 0 Å². The number of rotatable bonds is 0. The molecule has 1 spiro atoms. The van der Waals surface area contributed by atoms with Crippen LogP contribution < -0.4 is 5.32 Å². The third kappa shape index (κ3) is 1.63. The van der Waals surface area contributed by atoms with Gasteiger partial charge in [-0.15, -0.1) is 0 Å². The minimum Gasteiger partial charge on any atom is -0.465 e. The van der Waals surface area contributed by atoms with Gasteiger partial charge >= 0.3 is 6.09 Å². The van der Waals surface area contributed by atoms with Gasteiger partial charge in [0, 0.05) is 13.1 Å². The van der Waals surface area contributed by atoms with E-state index in [1.54, 1.807) is 4.90 Å². The van der Waals surface area contributed by atoms with E-state index in [1.807, 2.05) is 0 Å². The highest BCUT2D eigenvalue weighted by Crippen LogP contribution is 2.38. The molecule has 2 aliphatic heterocycles. The van der Waals surface area contributed by atoms with Crippen molar-refractivity contribution in [2.75, 3.05) is 26.2 Å². The third-order valence-corrected chi connectivity index (χ3v) is 3.37. The summed E-state index contributed by atoms with van der Waals surface area (Å²) in [6.07, 6.45) is 2.57. The van der Waals surface area contributed by atoms with Gasteiger partial charge in [-0.05, 0) is 37.8 Å². The Bertz CT molecular complexity index is 212. The van der Waals surface area contributed by atoms with Gasteiger partial charge in [-0.2, -0.15) is 0 Å². The maximum Gasteiger partial charge on any atom is 0.407 e. The Morgan fingerprint density at radius 2 is 2.00 bits per heavy atom. The molecule has 2 rings (SSSR count). The van der Waals surface area contributed by atoms with Crippen molar-refractivity contribution < 1.29 is 9.90 Å². The Kier molecular flexibility index (Phi) is 2.15. The molecule has 74 valence electrons. The average molecular weight is 184 g/mol. The molecule has 0 radical (unpaired) electrons. The van der Waals surface area contributed by atoms with Gasteiger partial charge in [-0.1, -0.05) is 0 Å². The summed E-state index contributed by atoms with van der Waals surface area (Å²) in [5, 5.41) is 12.2. The van der Waals surface area contributed by atoms with Crippen molar-refractivity contribution in [1.82, 2.24) is 10.2 Å². The van der Waals surface area contributed by atoms with Crippen LogP contribution in [0.15, 0.2) is 0 Å². The molecule has 0 atom stereocenters. The van der Waals surface area contributed by atoms with Crippen LogP contribution in [-0.2, 0) is 0 Å². The lowest BCUT2D eigenvalue weighted by atomic mass is 9.78. The fourth-order valence-corrected chi connectivity index (χ4v) is 2.46. The van der Waals surface area contributed by atoms with E-state index < -0.39 is 6.09 Å². The van der Waals surface area contributed by atoms with Crippen LogP contribution in [0.5, 0.6) is 0 Å². The molecule has 0 unspecified atom stereocenters. The van der Waals surface area contributed by atoms with Crippen LogP contribution in [0, 0.1) is 5.41 Å². The van der Waals surface area contributed by atoms with Crippen molar-refractivity contribution in [1.29, 1.82) is 0 Å². The summed E-state index contributed by atoms with van der Waals surface area (Å²) >= 11 is 0. The van der Waals surface area contributed by atoms with Gasteiger partial charge in [0.15, 0.2) is 0 Å². The van der Waals surface area contributed by atoms with Crippen LogP contribution in [-0.4, -0.2) is 42.3 Å². The fourth-order valence-electron chi connectivity index (χ4n) is 2.46. The number of nitrogens with zero attached hydrogens (tertiary/aromatic N) is 1. The molecule has 2 N–H and O–H groups in total. The highest BCUT2D eigenvalue weighted by atomic mass is 16.4. The van der Waals surface area contributed by atoms with Crippen molar-refractivity contribution in [3.63, 3.8) is 0 Å². The van der Waals surface area contributed by atoms with Crippen molar-refractivity contribution in [2.45, 2.75) is 19.3 Å². The van der Waals surface area contributed by atoms with Gasteiger partial charge in [-0.3, -0.25) is 0 Å². The second-order valence-corrected chi connectivity index (χ2v) is 4.20. The van der Waals surface area contributed by atoms with Crippen molar-refractivity contribution >= 4 is 6.09 Å². The number of nitrogens with one attached hydrogen (secondary N) is 1. The maximum atomic E-state index is 10.7. The van der Waals surface area contributed by atoms with E-state index in [4.69, 9.17) is 5.11 Å². The first-order chi connectivity index (χ1) is 6.22. The smallest absolute Gasteiger partial charge is 0.407 e. The number of hydrogen-bond acceptors (Lipinski definition) is 2. The predicted octanol–water partition coefficient (Wildman–Crippen LogP) is 0.740. The number of carboxylic acid groups (broad SMARTS) is 1. The highest BCUT2D eigenvalue weighted by Gasteiger charge is 2.40. The molecule has 2 heterocycles. The summed E-state index contributed by atoms with van der Waals surface area (Å²) in [6, 6.07) is 0. The summed E-state index contributed by atoms with van der Waals surface area (Å²) in [4.78, 5) is 12.3. The normalized spacial score (nSPS) is 26.6. The lowest BCUT2D eigenvalue weighted by Gasteiger charge is -2.33. The van der Waals surface area contributed by atoms with Crippen LogP contribution in [0.4, 0.5) is 4.79 Å². The molecule has 0 aromatic heterocycles. The number of amides is 1. The summed E-state index contributed by atoms with van der Waals surface area (Å²) in [5.41, 5.74) is 0.309. The molecule has 13 heavy (non-hydrogen) atoms. The predicted molar refractivity (Wildman–Crippen MR) is 48.8 cm³/mol. The highest BCUT2D eigenvalue weighted by molar-refractivity contribution is 5.65. The van der Waals surface area contributed by atoms with E-state index in [9.17, 15) is 4.79 Å². The van der Waals surface area contributed by atoms with Gasteiger partial charge in [0.2, 0.25) is 0 Å². The van der Waals surface area contributed by atoms with E-state index in [0.29, 0.717) is 5.41 Å². The molecule has 2 aliphatic rings. The molecule has 0 aliphatic carbocycles. The first-order valence-corrected chi connectivity index (χ1v) is 4.91. The molecule has 0 aromatic rings. The molecule has 1 amide bonds. The van der Waals surface area contributed by atoms with Crippen LogP contribution in [0.2, 0.25) is 0 Å². The zero-order valence-electron chi connectivity index (χ0n) is 7.75. The van der Waals surface area contributed by atoms with Crippen molar-refractivity contribution in [3.05, 3.63) is 0 Å². The fraction of sp³-hybridized carbons (Fsp3) is 0.889. The van der Waals surface area contributed by atoms with Crippen LogP contribution >= 0.6 is 0 Å². The van der Waals surface area contributed by atoms with E-state index in [1.165, 1.54) is 0 Å². The summed E-state index contributed by atoms with van der Waals surface area (Å²) in [6.45, 7) is 3.58. The van der Waals surface area contributed by atoms with E-state index in [2.05, 4.69) is 5.32 Å². The molecule has 2 fully saturated rings. The van der Waals surface area contributed by atoms with Crippen molar-refractivity contribution in [2.24, 2.45) is 5.41 Å². The molecular formula is C9H16N2O2. The summed E-state index contributed by atoms with van der Waals surface area (Å²) < 4.78 is 0. The van der Waals surface area contributed by atoms with Gasteiger partial charge in [-0.25, -0.2) is 4.79 Å². The first-order valence-electron chi connectivity index (χ1n) is 4.91. The Labute approximate surface area is 77.9 Å². The lowest BCUT2D eigenvalue weighted by molar-refractivity contribution is 0.142. The van der Waals surface area contributed by atoms with E-state index in [0.717, 1.165) is 45.4 Å². The second kappa shape index (κ2) is 3.18. The van der Waals surface area contributed by atoms with Crippen LogP contribution in [0.25, 0.3) is 0 Å². The lowest BCUT2D eigenvalue weighted by Crippen LogP contribution is -2.39. The van der Waals surface area contributed by atoms with Gasteiger partial charge < -0.3 is 15.3 Å². The summed E-state index contributed by atoms with van der Waals surface area (Å²) in [7, 11) is 0. The minimum absolute atomic E-state index is 0.309. The molecule has 0 saturated carbocycles. The van der Waals surface area contributed by atoms with Crippen molar-refractivity contribution in [3.8, 4) is 0 Å². The zero-order chi connectivity index (χ0) is 9.31. The zero-order valence-corrected chi connectivity index (χ0v) is 7.75. The summed E-state index contributed by atoms with van der Waals surface area (Å²) in [5.74, 6) is 0. The number of piperidine rings is 1. The van der Waals surface area contributed by atoms with Crippen LogP contribution in [0.3, 0.4) is 0 Å². The molecule has 0 bridgehead atoms. The standard InChI is InChI=1S/C9H16N2O2/c12-8(13)11-6-3-9(7-11)1-4-10-5-2-9/h10H,1-7H2,(H,12,13). The molecule has 4 nitrogen and oxygen atoms in total. The maximum absolute atomic E-state index is 10.7. The van der Waals surface area contributed by atoms with Gasteiger partial charge in [0.05, 0.1) is 0 Å². The average Bonchev–Trinajstić information content (AvgIpc) is 2.51. The molecule has 0 aromatic carbocycles. The Morgan fingerprint density at radius 3 is 2.54 bits per heavy atom. The second-order valence-electron chi connectivity index (χ2n) is 4.20. The molecular weight excluding hydrogens is 168 g/mol. The van der Waals surface area contributed by atoms with E-state index in [-0.39, 0.29) is 0 Å². The monoisotopic (exact) mass is 184 g/mol. The number of carbonyl (C=O) groups is 1. The third-order valence-electron chi connectivity index (χ3n) is 3.37.